The minimum Gasteiger partial charge on any atom is -0.472 e. The number of pyridine rings is 2. The van der Waals surface area contributed by atoms with Crippen LogP contribution in [-0.4, -0.2) is 28.0 Å². The van der Waals surface area contributed by atoms with Crippen molar-refractivity contribution >= 4 is 11.3 Å². The molecular weight excluding hydrogens is 346 g/mol. The summed E-state index contributed by atoms with van der Waals surface area (Å²) in [6.45, 7) is 0.411. The highest BCUT2D eigenvalue weighted by atomic mass is 32.1. The van der Waals surface area contributed by atoms with Crippen molar-refractivity contribution in [3.8, 4) is 16.6 Å². The lowest BCUT2D eigenvalue weighted by molar-refractivity contribution is 0.0795. The molecule has 130 valence electrons. The van der Waals surface area contributed by atoms with Crippen molar-refractivity contribution < 1.29 is 13.5 Å². The monoisotopic (exact) mass is 362 g/mol. The van der Waals surface area contributed by atoms with Crippen LogP contribution in [0.25, 0.3) is 10.7 Å². The van der Waals surface area contributed by atoms with Gasteiger partial charge >= 0.3 is 0 Å². The molecule has 3 aromatic rings. The van der Waals surface area contributed by atoms with Crippen molar-refractivity contribution in [2.24, 2.45) is 0 Å². The summed E-state index contributed by atoms with van der Waals surface area (Å²) in [7, 11) is 0. The Morgan fingerprint density at radius 3 is 2.72 bits per heavy atom. The Morgan fingerprint density at radius 2 is 1.92 bits per heavy atom. The number of hydrogen-bond donors (Lipinski definition) is 1. The molecule has 0 spiro atoms. The van der Waals surface area contributed by atoms with Crippen molar-refractivity contribution in [1.82, 2.24) is 20.3 Å². The van der Waals surface area contributed by atoms with E-state index in [1.165, 1.54) is 0 Å². The molecule has 0 saturated carbocycles. The van der Waals surface area contributed by atoms with E-state index in [9.17, 15) is 8.78 Å². The summed E-state index contributed by atoms with van der Waals surface area (Å²) in [4.78, 5) is 13.0. The van der Waals surface area contributed by atoms with E-state index in [0.717, 1.165) is 16.4 Å². The van der Waals surface area contributed by atoms with Gasteiger partial charge in [-0.15, -0.1) is 11.3 Å². The van der Waals surface area contributed by atoms with Gasteiger partial charge in [-0.25, -0.2) is 18.7 Å². The third-order valence-corrected chi connectivity index (χ3v) is 4.10. The molecule has 0 aliphatic carbocycles. The van der Waals surface area contributed by atoms with E-state index >= 15 is 0 Å². The molecule has 0 unspecified atom stereocenters. The lowest BCUT2D eigenvalue weighted by atomic mass is 10.3. The highest BCUT2D eigenvalue weighted by Gasteiger charge is 2.07. The quantitative estimate of drug-likeness (QED) is 0.664. The average Bonchev–Trinajstić information content (AvgIpc) is 3.10. The Morgan fingerprint density at radius 1 is 1.04 bits per heavy atom. The van der Waals surface area contributed by atoms with Gasteiger partial charge in [-0.05, 0) is 18.2 Å². The smallest absolute Gasteiger partial charge is 0.272 e. The second-order valence-electron chi connectivity index (χ2n) is 5.13. The van der Waals surface area contributed by atoms with Crippen LogP contribution in [0.4, 0.5) is 8.78 Å². The first-order chi connectivity index (χ1) is 12.2. The van der Waals surface area contributed by atoms with Gasteiger partial charge in [0.15, 0.2) is 6.61 Å². The Kier molecular flexibility index (Phi) is 5.97. The van der Waals surface area contributed by atoms with E-state index in [4.69, 9.17) is 4.74 Å². The van der Waals surface area contributed by atoms with Crippen LogP contribution in [0.5, 0.6) is 5.88 Å². The molecule has 0 fully saturated rings. The maximum absolute atomic E-state index is 12.2. The predicted molar refractivity (Wildman–Crippen MR) is 91.6 cm³/mol. The Hall–Kier alpha value is -2.45. The summed E-state index contributed by atoms with van der Waals surface area (Å²) >= 11 is 1.54. The van der Waals surface area contributed by atoms with Crippen molar-refractivity contribution in [2.45, 2.75) is 19.5 Å². The molecule has 0 amide bonds. The maximum atomic E-state index is 12.2. The number of alkyl halides is 2. The molecule has 3 rings (SSSR count). The van der Waals surface area contributed by atoms with E-state index in [2.05, 4.69) is 20.3 Å². The normalized spacial score (nSPS) is 11.0. The zero-order valence-corrected chi connectivity index (χ0v) is 14.0. The topological polar surface area (TPSA) is 59.9 Å². The number of nitrogens with one attached hydrogen (secondary N) is 1. The standard InChI is InChI=1S/C17H16F2N4OS/c18-15(19)10-24-16-6-3-4-12(22-16)8-20-9-13-11-25-17(23-13)14-5-1-2-7-21-14/h1-7,11,15,20H,8-10H2. The van der Waals surface area contributed by atoms with E-state index < -0.39 is 13.0 Å². The lowest BCUT2D eigenvalue weighted by Crippen LogP contribution is -2.14. The minimum absolute atomic E-state index is 0.200. The highest BCUT2D eigenvalue weighted by molar-refractivity contribution is 7.13. The van der Waals surface area contributed by atoms with Crippen LogP contribution in [-0.2, 0) is 13.1 Å². The Balaban J connectivity index is 1.51. The molecule has 0 aliphatic rings. The summed E-state index contributed by atoms with van der Waals surface area (Å²) in [5.74, 6) is 0.200. The lowest BCUT2D eigenvalue weighted by Gasteiger charge is -2.07. The van der Waals surface area contributed by atoms with E-state index in [1.54, 1.807) is 29.7 Å². The molecule has 0 saturated heterocycles. The van der Waals surface area contributed by atoms with Crippen LogP contribution in [0.1, 0.15) is 11.4 Å². The molecule has 0 aliphatic heterocycles. The third kappa shape index (κ3) is 5.27. The Bertz CT molecular complexity index is 798. The zero-order valence-electron chi connectivity index (χ0n) is 13.2. The van der Waals surface area contributed by atoms with Crippen LogP contribution >= 0.6 is 11.3 Å². The van der Waals surface area contributed by atoms with Crippen LogP contribution in [0.2, 0.25) is 0 Å². The fourth-order valence-electron chi connectivity index (χ4n) is 2.10. The van der Waals surface area contributed by atoms with Gasteiger partial charge in [0, 0.05) is 30.7 Å². The van der Waals surface area contributed by atoms with Gasteiger partial charge in [-0.3, -0.25) is 4.98 Å². The van der Waals surface area contributed by atoms with Gasteiger partial charge in [0.05, 0.1) is 17.1 Å². The van der Waals surface area contributed by atoms with Crippen molar-refractivity contribution in [2.75, 3.05) is 6.61 Å². The third-order valence-electron chi connectivity index (χ3n) is 3.19. The fraction of sp³-hybridized carbons (Fsp3) is 0.235. The summed E-state index contributed by atoms with van der Waals surface area (Å²) in [6.07, 6.45) is -0.773. The highest BCUT2D eigenvalue weighted by Crippen LogP contribution is 2.21. The van der Waals surface area contributed by atoms with Gasteiger partial charge in [-0.1, -0.05) is 12.1 Å². The SMILES string of the molecule is FC(F)COc1cccc(CNCc2csc(-c3ccccn3)n2)n1. The number of nitrogens with zero attached hydrogens (tertiary/aromatic N) is 3. The first-order valence-electron chi connectivity index (χ1n) is 7.64. The van der Waals surface area contributed by atoms with Crippen molar-refractivity contribution in [3.05, 3.63) is 59.4 Å². The minimum atomic E-state index is -2.51. The van der Waals surface area contributed by atoms with Gasteiger partial charge in [0.2, 0.25) is 5.88 Å². The number of halogens is 2. The molecule has 8 heteroatoms. The zero-order chi connectivity index (χ0) is 17.5. The molecule has 0 atom stereocenters. The maximum Gasteiger partial charge on any atom is 0.272 e. The van der Waals surface area contributed by atoms with Gasteiger partial charge in [0.1, 0.15) is 5.01 Å². The van der Waals surface area contributed by atoms with Crippen LogP contribution in [0, 0.1) is 0 Å². The van der Waals surface area contributed by atoms with Gasteiger partial charge in [0.25, 0.3) is 6.43 Å². The largest absolute Gasteiger partial charge is 0.472 e. The number of ether oxygens (including phenoxy) is 1. The molecule has 0 bridgehead atoms. The molecule has 3 heterocycles. The van der Waals surface area contributed by atoms with Crippen LogP contribution in [0.3, 0.4) is 0 Å². The molecule has 25 heavy (non-hydrogen) atoms. The summed E-state index contributed by atoms with van der Waals surface area (Å²) < 4.78 is 29.2. The molecular formula is C17H16F2N4OS. The summed E-state index contributed by atoms with van der Waals surface area (Å²) in [5.41, 5.74) is 2.48. The predicted octanol–water partition coefficient (Wildman–Crippen LogP) is 3.53. The van der Waals surface area contributed by atoms with Crippen LogP contribution in [0.15, 0.2) is 48.0 Å². The van der Waals surface area contributed by atoms with Crippen LogP contribution < -0.4 is 10.1 Å². The van der Waals surface area contributed by atoms with E-state index in [-0.39, 0.29) is 5.88 Å². The fourth-order valence-corrected chi connectivity index (χ4v) is 2.89. The molecule has 5 nitrogen and oxygen atoms in total. The molecule has 0 radical (unpaired) electrons. The first kappa shape index (κ1) is 17.4. The number of thiazole rings is 1. The number of hydrogen-bond acceptors (Lipinski definition) is 6. The number of aromatic nitrogens is 3. The van der Waals surface area contributed by atoms with Crippen molar-refractivity contribution in [3.63, 3.8) is 0 Å². The summed E-state index contributed by atoms with van der Waals surface area (Å²) in [6, 6.07) is 10.8. The number of rotatable bonds is 8. The first-order valence-corrected chi connectivity index (χ1v) is 8.52. The van der Waals surface area contributed by atoms with Gasteiger partial charge in [-0.2, -0.15) is 0 Å². The van der Waals surface area contributed by atoms with Crippen molar-refractivity contribution in [1.29, 1.82) is 0 Å². The van der Waals surface area contributed by atoms with E-state index in [0.29, 0.717) is 18.8 Å². The molecule has 3 aromatic heterocycles. The van der Waals surface area contributed by atoms with Gasteiger partial charge < -0.3 is 10.1 Å². The molecule has 1 N–H and O–H groups in total. The Labute approximate surface area is 147 Å². The molecule has 0 aromatic carbocycles. The summed E-state index contributed by atoms with van der Waals surface area (Å²) in [5, 5.41) is 6.08. The second kappa shape index (κ2) is 8.59. The average molecular weight is 362 g/mol. The van der Waals surface area contributed by atoms with E-state index in [1.807, 2.05) is 29.6 Å². The second-order valence-corrected chi connectivity index (χ2v) is 5.99.